The van der Waals surface area contributed by atoms with Gasteiger partial charge in [0, 0.05) is 22.7 Å². The molecule has 1 atom stereocenters. The van der Waals surface area contributed by atoms with Crippen molar-refractivity contribution in [1.82, 2.24) is 15.3 Å². The predicted octanol–water partition coefficient (Wildman–Crippen LogP) is 3.13. The molecule has 0 saturated heterocycles. The molecule has 0 bridgehead atoms. The second-order valence-electron chi connectivity index (χ2n) is 4.72. The minimum Gasteiger partial charge on any atom is -0.397 e. The molecule has 0 aliphatic rings. The van der Waals surface area contributed by atoms with Crippen molar-refractivity contribution >= 4 is 44.5 Å². The molecule has 3 aromatic rings. The Morgan fingerprint density at radius 2 is 2.24 bits per heavy atom. The smallest absolute Gasteiger partial charge is 0.264 e. The highest BCUT2D eigenvalue weighted by Gasteiger charge is 2.20. The van der Waals surface area contributed by atoms with Crippen molar-refractivity contribution in [3.8, 4) is 0 Å². The SMILES string of the molecule is Cc1ccc2c(N)c(C(=O)NC(C)c3nccs3)sc2n1. The Kier molecular flexibility index (Phi) is 3.60. The maximum atomic E-state index is 12.4. The molecule has 3 N–H and O–H groups in total. The van der Waals surface area contributed by atoms with Crippen LogP contribution in [0, 0.1) is 6.92 Å². The zero-order chi connectivity index (χ0) is 15.0. The van der Waals surface area contributed by atoms with E-state index in [2.05, 4.69) is 15.3 Å². The first-order valence-corrected chi connectivity index (χ1v) is 8.11. The summed E-state index contributed by atoms with van der Waals surface area (Å²) in [6.07, 6.45) is 1.73. The van der Waals surface area contributed by atoms with E-state index in [1.54, 1.807) is 6.20 Å². The molecule has 0 saturated carbocycles. The fraction of sp³-hybridized carbons (Fsp3) is 0.214. The van der Waals surface area contributed by atoms with Crippen molar-refractivity contribution in [2.75, 3.05) is 5.73 Å². The van der Waals surface area contributed by atoms with Crippen LogP contribution in [0.3, 0.4) is 0 Å². The van der Waals surface area contributed by atoms with E-state index in [9.17, 15) is 4.79 Å². The van der Waals surface area contributed by atoms with Gasteiger partial charge in [-0.05, 0) is 26.0 Å². The highest BCUT2D eigenvalue weighted by Crippen LogP contribution is 2.32. The van der Waals surface area contributed by atoms with Gasteiger partial charge in [0.25, 0.3) is 5.91 Å². The first kappa shape index (κ1) is 14.0. The van der Waals surface area contributed by atoms with E-state index in [4.69, 9.17) is 5.73 Å². The summed E-state index contributed by atoms with van der Waals surface area (Å²) in [5.74, 6) is -0.184. The highest BCUT2D eigenvalue weighted by atomic mass is 32.1. The van der Waals surface area contributed by atoms with E-state index in [0.29, 0.717) is 10.6 Å². The number of carbonyl (C=O) groups excluding carboxylic acids is 1. The average Bonchev–Trinajstić information content (AvgIpc) is 3.07. The number of pyridine rings is 1. The van der Waals surface area contributed by atoms with Crippen LogP contribution in [0.25, 0.3) is 10.2 Å². The first-order chi connectivity index (χ1) is 10.1. The molecule has 0 aliphatic heterocycles. The van der Waals surface area contributed by atoms with E-state index < -0.39 is 0 Å². The monoisotopic (exact) mass is 318 g/mol. The van der Waals surface area contributed by atoms with Gasteiger partial charge >= 0.3 is 0 Å². The number of nitrogens with two attached hydrogens (primary N) is 1. The van der Waals surface area contributed by atoms with Crippen LogP contribution in [0.4, 0.5) is 5.69 Å². The minimum atomic E-state index is -0.184. The molecular weight excluding hydrogens is 304 g/mol. The van der Waals surface area contributed by atoms with Crippen molar-refractivity contribution in [3.63, 3.8) is 0 Å². The normalized spacial score (nSPS) is 12.5. The zero-order valence-corrected chi connectivity index (χ0v) is 13.2. The molecule has 0 fully saturated rings. The van der Waals surface area contributed by atoms with Gasteiger partial charge in [0.2, 0.25) is 0 Å². The van der Waals surface area contributed by atoms with Crippen molar-refractivity contribution < 1.29 is 4.79 Å². The van der Waals surface area contributed by atoms with Crippen LogP contribution < -0.4 is 11.1 Å². The number of anilines is 1. The van der Waals surface area contributed by atoms with Crippen LogP contribution in [0.15, 0.2) is 23.7 Å². The summed E-state index contributed by atoms with van der Waals surface area (Å²) in [4.78, 5) is 22.3. The number of hydrogen-bond donors (Lipinski definition) is 2. The Labute approximate surface area is 129 Å². The van der Waals surface area contributed by atoms with Gasteiger partial charge in [-0.3, -0.25) is 4.79 Å². The van der Waals surface area contributed by atoms with Crippen molar-refractivity contribution in [3.05, 3.63) is 39.3 Å². The summed E-state index contributed by atoms with van der Waals surface area (Å²) in [6, 6.07) is 3.66. The largest absolute Gasteiger partial charge is 0.397 e. The molecule has 3 rings (SSSR count). The van der Waals surface area contributed by atoms with Gasteiger partial charge in [0.15, 0.2) is 0 Å². The molecule has 3 aromatic heterocycles. The molecule has 21 heavy (non-hydrogen) atoms. The maximum Gasteiger partial charge on any atom is 0.264 e. The maximum absolute atomic E-state index is 12.4. The van der Waals surface area contributed by atoms with E-state index in [1.165, 1.54) is 22.7 Å². The lowest BCUT2D eigenvalue weighted by molar-refractivity contribution is 0.0945. The lowest BCUT2D eigenvalue weighted by Gasteiger charge is -2.10. The number of nitrogens with zero attached hydrogens (tertiary/aromatic N) is 2. The third-order valence-corrected chi connectivity index (χ3v) is 5.18. The summed E-state index contributed by atoms with van der Waals surface area (Å²) in [5, 5.41) is 6.52. The van der Waals surface area contributed by atoms with E-state index in [-0.39, 0.29) is 11.9 Å². The summed E-state index contributed by atoms with van der Waals surface area (Å²) < 4.78 is 0. The third kappa shape index (κ3) is 2.62. The molecule has 1 amide bonds. The van der Waals surface area contributed by atoms with Gasteiger partial charge in [-0.2, -0.15) is 0 Å². The Balaban J connectivity index is 1.89. The van der Waals surface area contributed by atoms with Gasteiger partial charge in [0.1, 0.15) is 14.7 Å². The summed E-state index contributed by atoms with van der Waals surface area (Å²) in [6.45, 7) is 3.82. The fourth-order valence-corrected chi connectivity index (χ4v) is 3.72. The van der Waals surface area contributed by atoms with Crippen molar-refractivity contribution in [2.24, 2.45) is 0 Å². The van der Waals surface area contributed by atoms with Crippen LogP contribution in [0.2, 0.25) is 0 Å². The average molecular weight is 318 g/mol. The number of thiophene rings is 1. The van der Waals surface area contributed by atoms with Gasteiger partial charge < -0.3 is 11.1 Å². The van der Waals surface area contributed by atoms with Gasteiger partial charge in [0.05, 0.1) is 11.7 Å². The predicted molar refractivity (Wildman–Crippen MR) is 86.8 cm³/mol. The van der Waals surface area contributed by atoms with E-state index >= 15 is 0 Å². The molecule has 0 spiro atoms. The van der Waals surface area contributed by atoms with Crippen LogP contribution in [0.1, 0.15) is 33.3 Å². The number of hydrogen-bond acceptors (Lipinski definition) is 6. The van der Waals surface area contributed by atoms with Gasteiger partial charge in [-0.25, -0.2) is 9.97 Å². The molecule has 3 heterocycles. The number of rotatable bonds is 3. The second kappa shape index (κ2) is 5.42. The lowest BCUT2D eigenvalue weighted by Crippen LogP contribution is -2.26. The summed E-state index contributed by atoms with van der Waals surface area (Å²) in [7, 11) is 0. The molecule has 0 radical (unpaired) electrons. The number of fused-ring (bicyclic) bond motifs is 1. The number of aryl methyl sites for hydroxylation is 1. The van der Waals surface area contributed by atoms with Gasteiger partial charge in [-0.15, -0.1) is 22.7 Å². The quantitative estimate of drug-likeness (QED) is 0.777. The number of nitrogens with one attached hydrogen (secondary N) is 1. The van der Waals surface area contributed by atoms with Crippen LogP contribution in [-0.2, 0) is 0 Å². The molecule has 7 heteroatoms. The number of thiazole rings is 1. The summed E-state index contributed by atoms with van der Waals surface area (Å²) >= 11 is 2.83. The van der Waals surface area contributed by atoms with Crippen LogP contribution in [0.5, 0.6) is 0 Å². The Morgan fingerprint density at radius 3 is 2.95 bits per heavy atom. The van der Waals surface area contributed by atoms with E-state index in [0.717, 1.165) is 20.9 Å². The Hall–Kier alpha value is -1.99. The van der Waals surface area contributed by atoms with Crippen molar-refractivity contribution in [1.29, 1.82) is 0 Å². The molecular formula is C14H14N4OS2. The van der Waals surface area contributed by atoms with Crippen molar-refractivity contribution in [2.45, 2.75) is 19.9 Å². The molecule has 5 nitrogen and oxygen atoms in total. The van der Waals surface area contributed by atoms with E-state index in [1.807, 2.05) is 31.4 Å². The van der Waals surface area contributed by atoms with Crippen LogP contribution in [-0.4, -0.2) is 15.9 Å². The Bertz CT molecular complexity index is 795. The molecule has 1 unspecified atom stereocenters. The minimum absolute atomic E-state index is 0.142. The summed E-state index contributed by atoms with van der Waals surface area (Å²) in [5.41, 5.74) is 7.48. The highest BCUT2D eigenvalue weighted by molar-refractivity contribution is 7.21. The lowest BCUT2D eigenvalue weighted by atomic mass is 10.2. The standard InChI is InChI=1S/C14H14N4OS2/c1-7-3-4-9-10(15)11(21-14(9)17-7)12(19)18-8(2)13-16-5-6-20-13/h3-6,8H,15H2,1-2H3,(H,18,19). The number of nitrogen functional groups attached to an aromatic ring is 1. The van der Waals surface area contributed by atoms with Crippen LogP contribution >= 0.6 is 22.7 Å². The Morgan fingerprint density at radius 1 is 1.43 bits per heavy atom. The first-order valence-electron chi connectivity index (χ1n) is 6.42. The fourth-order valence-electron chi connectivity index (χ4n) is 2.03. The molecule has 108 valence electrons. The second-order valence-corrected chi connectivity index (χ2v) is 6.64. The number of amides is 1. The third-order valence-electron chi connectivity index (χ3n) is 3.11. The number of aromatic nitrogens is 2. The zero-order valence-electron chi connectivity index (χ0n) is 11.6. The van der Waals surface area contributed by atoms with Gasteiger partial charge in [-0.1, -0.05) is 0 Å². The molecule has 0 aliphatic carbocycles. The number of carbonyl (C=O) groups is 1. The topological polar surface area (TPSA) is 80.9 Å². The molecule has 0 aromatic carbocycles.